The molecular weight excluding hydrogens is 507 g/mol. The molecule has 2 aliphatic heterocycles. The molecule has 0 amide bonds. The zero-order valence-corrected chi connectivity index (χ0v) is 21.0. The molecule has 5 rings (SSSR count). The van der Waals surface area contributed by atoms with Crippen molar-refractivity contribution in [3.8, 4) is 5.75 Å². The molecule has 2 heterocycles. The number of para-hydroxylation sites is 1. The van der Waals surface area contributed by atoms with Crippen LogP contribution >= 0.6 is 20.2 Å². The Balaban J connectivity index is 0.000000821. The first-order valence-electron chi connectivity index (χ1n) is 11.6. The first-order valence-corrected chi connectivity index (χ1v) is 14.2. The maximum atomic E-state index is 6.44. The van der Waals surface area contributed by atoms with Gasteiger partial charge in [-0.25, -0.2) is 0 Å². The molecule has 0 bridgehead atoms. The van der Waals surface area contributed by atoms with Gasteiger partial charge in [-0.1, -0.05) is 79.8 Å². The summed E-state index contributed by atoms with van der Waals surface area (Å²) in [6.07, 6.45) is 10.7. The van der Waals surface area contributed by atoms with Gasteiger partial charge in [0.25, 0.3) is 0 Å². The second-order valence-electron chi connectivity index (χ2n) is 8.62. The third-order valence-corrected chi connectivity index (χ3v) is 6.64. The Morgan fingerprint density at radius 2 is 1.73 bits per heavy atom. The third-order valence-electron chi connectivity index (χ3n) is 6.64. The number of piperidine rings is 1. The number of benzene rings is 2. The molecule has 2 fully saturated rings. The molecule has 1 saturated carbocycles. The molecule has 3 atom stereocenters. The van der Waals surface area contributed by atoms with E-state index in [1.54, 1.807) is 0 Å². The summed E-state index contributed by atoms with van der Waals surface area (Å²) in [5, 5.41) is 9.54. The summed E-state index contributed by atoms with van der Waals surface area (Å²) in [6, 6.07) is 15.0. The molecule has 2 aromatic rings. The molecule has 183 valence electrons. The zero-order chi connectivity index (χ0) is 22.9. The van der Waals surface area contributed by atoms with Crippen molar-refractivity contribution < 1.29 is 22.6 Å². The summed E-state index contributed by atoms with van der Waals surface area (Å²) in [7, 11) is 9.34. The Bertz CT molecular complexity index is 925. The van der Waals surface area contributed by atoms with E-state index < -0.39 is 0 Å². The van der Waals surface area contributed by atoms with Crippen LogP contribution in [-0.2, 0) is 31.1 Å². The Hall–Kier alpha value is -1.20. The topological polar surface area (TPSA) is 46.7 Å². The fourth-order valence-electron chi connectivity index (χ4n) is 5.06. The van der Waals surface area contributed by atoms with Gasteiger partial charge in [0.15, 0.2) is 0 Å². The van der Waals surface area contributed by atoms with Crippen LogP contribution in [0.15, 0.2) is 48.5 Å². The molecule has 33 heavy (non-hydrogen) atoms. The minimum absolute atomic E-state index is 0.268. The fraction of sp³-hybridized carbons (Fsp3) is 0.462. The fourth-order valence-corrected chi connectivity index (χ4v) is 5.06. The van der Waals surface area contributed by atoms with Crippen molar-refractivity contribution in [2.75, 3.05) is 13.1 Å². The summed E-state index contributed by atoms with van der Waals surface area (Å²) in [5.41, 5.74) is 4.46. The van der Waals surface area contributed by atoms with Gasteiger partial charge in [-0.15, -0.1) is 25.2 Å². The second-order valence-corrected chi connectivity index (χ2v) is 10.2. The summed E-state index contributed by atoms with van der Waals surface area (Å²) in [4.78, 5) is 0. The van der Waals surface area contributed by atoms with E-state index in [-0.39, 0.29) is 6.10 Å². The van der Waals surface area contributed by atoms with E-state index >= 15 is 0 Å². The number of hydrogen-bond acceptors (Lipinski definition) is 2. The van der Waals surface area contributed by atoms with Gasteiger partial charge in [-0.3, -0.25) is 0 Å². The predicted octanol–water partition coefficient (Wildman–Crippen LogP) is 7.90. The number of hydrogen-bond donors (Lipinski definition) is 0. The van der Waals surface area contributed by atoms with Crippen molar-refractivity contribution >= 4 is 32.0 Å². The van der Waals surface area contributed by atoms with Gasteiger partial charge in [0, 0.05) is 6.10 Å². The molecule has 0 radical (unpaired) electrons. The Morgan fingerprint density at radius 3 is 2.58 bits per heavy atom. The van der Waals surface area contributed by atoms with Crippen LogP contribution in [-0.4, -0.2) is 25.2 Å². The van der Waals surface area contributed by atoms with E-state index in [1.165, 1.54) is 36.8 Å². The summed E-state index contributed by atoms with van der Waals surface area (Å²) in [5.74, 6) is 1.59. The predicted molar refractivity (Wildman–Crippen MR) is 133 cm³/mol. The Kier molecular flexibility index (Phi) is 9.84. The molecule has 0 spiro atoms. The van der Waals surface area contributed by atoms with Gasteiger partial charge in [-0.2, -0.15) is 0 Å². The van der Waals surface area contributed by atoms with Crippen LogP contribution in [0.5, 0.6) is 5.75 Å². The van der Waals surface area contributed by atoms with Crippen molar-refractivity contribution in [3.63, 3.8) is 0 Å². The third kappa shape index (κ3) is 6.69. The molecular formula is C26H30Cl2CuN2O2-2. The van der Waals surface area contributed by atoms with Gasteiger partial charge in [-0.05, 0) is 29.2 Å². The van der Waals surface area contributed by atoms with E-state index in [0.717, 1.165) is 49.0 Å². The summed E-state index contributed by atoms with van der Waals surface area (Å²) < 4.78 is 12.7. The van der Waals surface area contributed by atoms with E-state index in [2.05, 4.69) is 68.0 Å². The molecule has 1 aliphatic carbocycles. The van der Waals surface area contributed by atoms with Crippen molar-refractivity contribution in [3.05, 3.63) is 75.9 Å². The molecule has 2 aromatic carbocycles. The minimum atomic E-state index is 0.268. The van der Waals surface area contributed by atoms with Gasteiger partial charge < -0.3 is 20.1 Å². The number of rotatable bonds is 6. The van der Waals surface area contributed by atoms with Crippen molar-refractivity contribution in [2.24, 2.45) is 5.92 Å². The standard InChI is InChI=1S/C26H30N2O2.2ClH.Cu/c1-2-8-22(18-30-24-14-4-10-20-12-6-16-28-26(20)24)21(7-1)17-29-23-13-3-9-19-11-5-15-27-25(19)23;;;/h1-3,5,7-9,11,13,20,24,26H,4,6,10,12,14-18H2;2*1H;/q-2;;;+2/p-2. The number of fused-ring (bicyclic) bond motifs is 2. The van der Waals surface area contributed by atoms with Crippen LogP contribution < -0.4 is 4.74 Å². The SMILES string of the molecule is C1=Cc2cccc(OCc3ccccc3COC3CCCC4CCC[N-]C43)c2[N-]C1.[Cl][Cu][Cl]. The number of nitrogens with zero attached hydrogens (tertiary/aromatic N) is 2. The normalized spacial score (nSPS) is 23.5. The van der Waals surface area contributed by atoms with Crippen LogP contribution in [0.2, 0.25) is 0 Å². The molecule has 3 unspecified atom stereocenters. The molecule has 4 nitrogen and oxygen atoms in total. The Morgan fingerprint density at radius 1 is 0.939 bits per heavy atom. The summed E-state index contributed by atoms with van der Waals surface area (Å²) >= 11 is 0.757. The second kappa shape index (κ2) is 13.0. The number of halogens is 2. The molecule has 7 heteroatoms. The van der Waals surface area contributed by atoms with Gasteiger partial charge in [0.1, 0.15) is 12.4 Å². The van der Waals surface area contributed by atoms with Crippen LogP contribution in [0, 0.1) is 5.92 Å². The Labute approximate surface area is 212 Å². The zero-order valence-electron chi connectivity index (χ0n) is 18.6. The summed E-state index contributed by atoms with van der Waals surface area (Å²) in [6.45, 7) is 2.87. The van der Waals surface area contributed by atoms with Gasteiger partial charge in [0.05, 0.1) is 6.61 Å². The molecule has 0 N–H and O–H groups in total. The van der Waals surface area contributed by atoms with Gasteiger partial charge in [0.2, 0.25) is 0 Å². The number of ether oxygens (including phenoxy) is 2. The monoisotopic (exact) mass is 535 g/mol. The van der Waals surface area contributed by atoms with Crippen molar-refractivity contribution in [1.29, 1.82) is 0 Å². The first kappa shape index (κ1) is 24.9. The van der Waals surface area contributed by atoms with Crippen LogP contribution in [0.4, 0.5) is 5.69 Å². The average molecular weight is 537 g/mol. The van der Waals surface area contributed by atoms with Crippen molar-refractivity contribution in [1.82, 2.24) is 0 Å². The van der Waals surface area contributed by atoms with Crippen LogP contribution in [0.3, 0.4) is 0 Å². The van der Waals surface area contributed by atoms with E-state index in [1.807, 2.05) is 12.1 Å². The molecule has 0 aromatic heterocycles. The van der Waals surface area contributed by atoms with E-state index in [4.69, 9.17) is 14.8 Å². The molecule has 1 saturated heterocycles. The molecule has 3 aliphatic rings. The quantitative estimate of drug-likeness (QED) is 0.352. The van der Waals surface area contributed by atoms with Crippen LogP contribution in [0.1, 0.15) is 48.8 Å². The first-order chi connectivity index (χ1) is 16.3. The van der Waals surface area contributed by atoms with Crippen LogP contribution in [0.25, 0.3) is 16.7 Å². The van der Waals surface area contributed by atoms with Crippen molar-refractivity contribution in [2.45, 2.75) is 57.5 Å². The average Bonchev–Trinajstić information content (AvgIpc) is 2.87. The van der Waals surface area contributed by atoms with E-state index in [0.29, 0.717) is 25.8 Å². The van der Waals surface area contributed by atoms with E-state index in [9.17, 15) is 0 Å². The van der Waals surface area contributed by atoms with Gasteiger partial charge >= 0.3 is 33.3 Å². The maximum absolute atomic E-state index is 6.44.